The zero-order chi connectivity index (χ0) is 25.8. The SMILES string of the molecule is CC(=O)NCc1ccc2c(=O)n(CC(C)C)c(CNC(=O)OC(C)(C)C)c(-c3ccccc3)c2c1. The van der Waals surface area contributed by atoms with Crippen LogP contribution in [0.2, 0.25) is 0 Å². The van der Waals surface area contributed by atoms with Gasteiger partial charge in [-0.1, -0.05) is 50.2 Å². The van der Waals surface area contributed by atoms with E-state index in [2.05, 4.69) is 24.5 Å². The van der Waals surface area contributed by atoms with Gasteiger partial charge in [0.1, 0.15) is 5.60 Å². The molecule has 3 aromatic rings. The minimum absolute atomic E-state index is 0.111. The number of benzene rings is 2. The predicted octanol–water partition coefficient (Wildman–Crippen LogP) is 4.99. The molecule has 2 N–H and O–H groups in total. The Kier molecular flexibility index (Phi) is 7.99. The third-order valence-corrected chi connectivity index (χ3v) is 5.39. The number of nitrogens with one attached hydrogen (secondary N) is 2. The van der Waals surface area contributed by atoms with Crippen molar-refractivity contribution in [2.45, 2.75) is 66.8 Å². The van der Waals surface area contributed by atoms with Crippen LogP contribution in [0.25, 0.3) is 21.9 Å². The standard InChI is InChI=1S/C28H35N3O4/c1-18(2)17-31-24(16-30-27(34)35-28(4,5)6)25(21-10-8-7-9-11-21)23-14-20(15-29-19(3)32)12-13-22(23)26(31)33/h7-14,18H,15-17H2,1-6H3,(H,29,32)(H,30,34). The summed E-state index contributed by atoms with van der Waals surface area (Å²) in [5, 5.41) is 7.04. The normalized spacial score (nSPS) is 11.5. The summed E-state index contributed by atoms with van der Waals surface area (Å²) in [5.41, 5.74) is 2.67. The Morgan fingerprint density at radius 1 is 0.971 bits per heavy atom. The molecule has 0 saturated heterocycles. The van der Waals surface area contributed by atoms with Gasteiger partial charge in [0.25, 0.3) is 5.56 Å². The number of fused-ring (bicyclic) bond motifs is 1. The zero-order valence-electron chi connectivity index (χ0n) is 21.4. The Hall–Kier alpha value is -3.61. The van der Waals surface area contributed by atoms with Crippen molar-refractivity contribution < 1.29 is 14.3 Å². The van der Waals surface area contributed by atoms with E-state index in [9.17, 15) is 14.4 Å². The first-order chi connectivity index (χ1) is 16.5. The minimum Gasteiger partial charge on any atom is -0.444 e. The summed E-state index contributed by atoms with van der Waals surface area (Å²) in [6.07, 6.45) is -0.542. The van der Waals surface area contributed by atoms with Crippen LogP contribution in [-0.2, 0) is 29.2 Å². The molecular weight excluding hydrogens is 442 g/mol. The van der Waals surface area contributed by atoms with E-state index in [-0.39, 0.29) is 23.9 Å². The summed E-state index contributed by atoms with van der Waals surface area (Å²) in [6, 6.07) is 15.5. The van der Waals surface area contributed by atoms with Gasteiger partial charge in [0.2, 0.25) is 5.91 Å². The number of alkyl carbamates (subject to hydrolysis) is 1. The van der Waals surface area contributed by atoms with Crippen molar-refractivity contribution >= 4 is 22.8 Å². The van der Waals surface area contributed by atoms with Crippen LogP contribution in [0.4, 0.5) is 4.79 Å². The summed E-state index contributed by atoms with van der Waals surface area (Å²) in [7, 11) is 0. The molecule has 0 aliphatic carbocycles. The van der Waals surface area contributed by atoms with Crippen LogP contribution in [0, 0.1) is 5.92 Å². The summed E-state index contributed by atoms with van der Waals surface area (Å²) in [5.74, 6) is 0.0936. The molecule has 0 aliphatic rings. The maximum absolute atomic E-state index is 13.7. The molecule has 35 heavy (non-hydrogen) atoms. The summed E-state index contributed by atoms with van der Waals surface area (Å²) in [6.45, 7) is 12.0. The fourth-order valence-electron chi connectivity index (χ4n) is 4.02. The fourth-order valence-corrected chi connectivity index (χ4v) is 4.02. The molecular formula is C28H35N3O4. The fraction of sp³-hybridized carbons (Fsp3) is 0.393. The maximum Gasteiger partial charge on any atom is 0.407 e. The second-order valence-corrected chi connectivity index (χ2v) is 10.1. The lowest BCUT2D eigenvalue weighted by molar-refractivity contribution is -0.119. The van der Waals surface area contributed by atoms with Crippen molar-refractivity contribution in [1.29, 1.82) is 0 Å². The molecule has 0 radical (unpaired) electrons. The van der Waals surface area contributed by atoms with Crippen LogP contribution in [0.5, 0.6) is 0 Å². The Labute approximate surface area is 206 Å². The quantitative estimate of drug-likeness (QED) is 0.502. The first-order valence-corrected chi connectivity index (χ1v) is 11.9. The molecule has 186 valence electrons. The molecule has 0 spiro atoms. The van der Waals surface area contributed by atoms with Gasteiger partial charge < -0.3 is 19.9 Å². The van der Waals surface area contributed by atoms with E-state index in [1.165, 1.54) is 6.92 Å². The number of amides is 2. The molecule has 0 aliphatic heterocycles. The molecule has 1 heterocycles. The van der Waals surface area contributed by atoms with Crippen molar-refractivity contribution in [2.75, 3.05) is 0 Å². The Morgan fingerprint density at radius 3 is 2.26 bits per heavy atom. The lowest BCUT2D eigenvalue weighted by Gasteiger charge is -2.23. The van der Waals surface area contributed by atoms with E-state index in [1.807, 2.05) is 69.3 Å². The van der Waals surface area contributed by atoms with E-state index in [4.69, 9.17) is 4.74 Å². The van der Waals surface area contributed by atoms with Gasteiger partial charge in [-0.3, -0.25) is 9.59 Å². The van der Waals surface area contributed by atoms with Crippen molar-refractivity contribution in [3.63, 3.8) is 0 Å². The minimum atomic E-state index is -0.633. The van der Waals surface area contributed by atoms with E-state index in [1.54, 1.807) is 4.57 Å². The molecule has 7 nitrogen and oxygen atoms in total. The number of carbonyl (C=O) groups excluding carboxylic acids is 2. The average Bonchev–Trinajstić information content (AvgIpc) is 2.77. The number of ether oxygens (including phenoxy) is 1. The number of carbonyl (C=O) groups is 2. The topological polar surface area (TPSA) is 89.4 Å². The molecule has 0 fully saturated rings. The Balaban J connectivity index is 2.25. The molecule has 1 aromatic heterocycles. The van der Waals surface area contributed by atoms with Crippen LogP contribution in [-0.4, -0.2) is 22.2 Å². The third kappa shape index (κ3) is 6.72. The highest BCUT2D eigenvalue weighted by atomic mass is 16.6. The van der Waals surface area contributed by atoms with E-state index < -0.39 is 11.7 Å². The van der Waals surface area contributed by atoms with Crippen molar-refractivity contribution in [1.82, 2.24) is 15.2 Å². The zero-order valence-corrected chi connectivity index (χ0v) is 21.4. The lowest BCUT2D eigenvalue weighted by Crippen LogP contribution is -2.35. The van der Waals surface area contributed by atoms with E-state index in [0.717, 1.165) is 22.1 Å². The molecule has 2 aromatic carbocycles. The number of hydrogen-bond acceptors (Lipinski definition) is 4. The van der Waals surface area contributed by atoms with Crippen LogP contribution >= 0.6 is 0 Å². The smallest absolute Gasteiger partial charge is 0.407 e. The van der Waals surface area contributed by atoms with Crippen LogP contribution in [0.3, 0.4) is 0 Å². The van der Waals surface area contributed by atoms with Crippen molar-refractivity contribution in [3.8, 4) is 11.1 Å². The molecule has 2 amide bonds. The first kappa shape index (κ1) is 26.0. The second kappa shape index (κ2) is 10.8. The number of hydrogen-bond donors (Lipinski definition) is 2. The van der Waals surface area contributed by atoms with E-state index >= 15 is 0 Å². The van der Waals surface area contributed by atoms with Gasteiger partial charge in [-0.25, -0.2) is 4.79 Å². The molecule has 3 rings (SSSR count). The predicted molar refractivity (Wildman–Crippen MR) is 139 cm³/mol. The maximum atomic E-state index is 13.7. The molecule has 0 atom stereocenters. The first-order valence-electron chi connectivity index (χ1n) is 11.9. The summed E-state index contributed by atoms with van der Waals surface area (Å²) >= 11 is 0. The second-order valence-electron chi connectivity index (χ2n) is 10.1. The molecule has 7 heteroatoms. The number of aromatic nitrogens is 1. The highest BCUT2D eigenvalue weighted by molar-refractivity contribution is 5.98. The van der Waals surface area contributed by atoms with Crippen LogP contribution < -0.4 is 16.2 Å². The molecule has 0 saturated carbocycles. The van der Waals surface area contributed by atoms with Gasteiger partial charge in [0.05, 0.1) is 6.54 Å². The summed E-state index contributed by atoms with van der Waals surface area (Å²) < 4.78 is 7.20. The van der Waals surface area contributed by atoms with Gasteiger partial charge in [0.15, 0.2) is 0 Å². The van der Waals surface area contributed by atoms with Crippen LogP contribution in [0.1, 0.15) is 52.8 Å². The lowest BCUT2D eigenvalue weighted by atomic mass is 9.95. The number of rotatable bonds is 7. The highest BCUT2D eigenvalue weighted by Gasteiger charge is 2.21. The Bertz CT molecular complexity index is 1270. The van der Waals surface area contributed by atoms with Crippen LogP contribution in [0.15, 0.2) is 53.3 Å². The molecule has 0 bridgehead atoms. The highest BCUT2D eigenvalue weighted by Crippen LogP contribution is 2.32. The number of nitrogens with zero attached hydrogens (tertiary/aromatic N) is 1. The monoisotopic (exact) mass is 477 g/mol. The van der Waals surface area contributed by atoms with Crippen molar-refractivity contribution in [3.05, 3.63) is 70.1 Å². The molecule has 0 unspecified atom stereocenters. The van der Waals surface area contributed by atoms with Gasteiger partial charge in [0, 0.05) is 36.7 Å². The van der Waals surface area contributed by atoms with Crippen molar-refractivity contribution in [2.24, 2.45) is 5.92 Å². The van der Waals surface area contributed by atoms with Gasteiger partial charge in [-0.15, -0.1) is 0 Å². The third-order valence-electron chi connectivity index (χ3n) is 5.39. The summed E-state index contributed by atoms with van der Waals surface area (Å²) in [4.78, 5) is 37.6. The largest absolute Gasteiger partial charge is 0.444 e. The van der Waals surface area contributed by atoms with Gasteiger partial charge >= 0.3 is 6.09 Å². The Morgan fingerprint density at radius 2 is 1.66 bits per heavy atom. The number of pyridine rings is 1. The van der Waals surface area contributed by atoms with Gasteiger partial charge in [-0.2, -0.15) is 0 Å². The van der Waals surface area contributed by atoms with Gasteiger partial charge in [-0.05, 0) is 55.3 Å². The average molecular weight is 478 g/mol. The van der Waals surface area contributed by atoms with E-state index in [0.29, 0.717) is 24.2 Å².